The van der Waals surface area contributed by atoms with E-state index in [9.17, 15) is 0 Å². The van der Waals surface area contributed by atoms with Crippen molar-refractivity contribution in [1.82, 2.24) is 20.4 Å². The van der Waals surface area contributed by atoms with E-state index in [1.807, 2.05) is 7.05 Å². The fourth-order valence-electron chi connectivity index (χ4n) is 4.59. The Morgan fingerprint density at radius 2 is 1.80 bits per heavy atom. The first-order valence-corrected chi connectivity index (χ1v) is 10.4. The Labute approximate surface area is 155 Å². The van der Waals surface area contributed by atoms with Gasteiger partial charge in [0.1, 0.15) is 0 Å². The molecule has 0 bridgehead atoms. The highest BCUT2D eigenvalue weighted by molar-refractivity contribution is 5.79. The number of likely N-dealkylation sites (N-methyl/N-ethyl adjacent to an activating group) is 1. The van der Waals surface area contributed by atoms with E-state index in [1.165, 1.54) is 64.7 Å². The lowest BCUT2D eigenvalue weighted by atomic mass is 9.78. The third-order valence-electron chi connectivity index (χ3n) is 5.89. The molecule has 2 N–H and O–H groups in total. The summed E-state index contributed by atoms with van der Waals surface area (Å²) in [7, 11) is 4.11. The Kier molecular flexibility index (Phi) is 8.50. The van der Waals surface area contributed by atoms with Crippen LogP contribution in [0.25, 0.3) is 0 Å². The van der Waals surface area contributed by atoms with E-state index in [0.29, 0.717) is 5.41 Å². The highest BCUT2D eigenvalue weighted by Gasteiger charge is 2.34. The first-order chi connectivity index (χ1) is 12.0. The predicted octanol–water partition coefficient (Wildman–Crippen LogP) is 2.40. The third-order valence-corrected chi connectivity index (χ3v) is 5.89. The highest BCUT2D eigenvalue weighted by atomic mass is 15.2. The average molecular weight is 352 g/mol. The van der Waals surface area contributed by atoms with Crippen molar-refractivity contribution >= 4 is 5.96 Å². The molecule has 1 saturated carbocycles. The van der Waals surface area contributed by atoms with Gasteiger partial charge in [0.25, 0.3) is 0 Å². The largest absolute Gasteiger partial charge is 0.356 e. The summed E-state index contributed by atoms with van der Waals surface area (Å²) in [5.74, 6) is 1.75. The maximum Gasteiger partial charge on any atom is 0.191 e. The van der Waals surface area contributed by atoms with Gasteiger partial charge in [-0.3, -0.25) is 4.99 Å². The van der Waals surface area contributed by atoms with Crippen LogP contribution < -0.4 is 10.6 Å². The Bertz CT molecular complexity index is 401. The molecule has 2 fully saturated rings. The molecular weight excluding hydrogens is 310 g/mol. The van der Waals surface area contributed by atoms with E-state index in [2.05, 4.69) is 46.3 Å². The lowest BCUT2D eigenvalue weighted by molar-refractivity contribution is 0.234. The second-order valence-electron chi connectivity index (χ2n) is 8.66. The van der Waals surface area contributed by atoms with Crippen LogP contribution in [-0.2, 0) is 0 Å². The molecule has 0 spiro atoms. The molecule has 0 aromatic carbocycles. The van der Waals surface area contributed by atoms with Crippen LogP contribution >= 0.6 is 0 Å². The maximum atomic E-state index is 4.44. The Morgan fingerprint density at radius 1 is 1.04 bits per heavy atom. The van der Waals surface area contributed by atoms with Gasteiger partial charge in [0.15, 0.2) is 5.96 Å². The minimum Gasteiger partial charge on any atom is -0.356 e. The lowest BCUT2D eigenvalue weighted by Crippen LogP contribution is -2.45. The summed E-state index contributed by atoms with van der Waals surface area (Å²) in [5.41, 5.74) is 0.487. The predicted molar refractivity (Wildman–Crippen MR) is 108 cm³/mol. The highest BCUT2D eigenvalue weighted by Crippen LogP contribution is 2.42. The van der Waals surface area contributed by atoms with Gasteiger partial charge >= 0.3 is 0 Å². The van der Waals surface area contributed by atoms with Gasteiger partial charge in [0, 0.05) is 39.8 Å². The van der Waals surface area contributed by atoms with E-state index in [-0.39, 0.29) is 0 Å². The van der Waals surface area contributed by atoms with Crippen LogP contribution in [0.15, 0.2) is 4.99 Å². The summed E-state index contributed by atoms with van der Waals surface area (Å²) in [5, 5.41) is 7.15. The number of aliphatic imine (C=N–C) groups is 1. The van der Waals surface area contributed by atoms with Crippen LogP contribution in [0, 0.1) is 11.3 Å². The van der Waals surface area contributed by atoms with Gasteiger partial charge in [-0.25, -0.2) is 0 Å². The van der Waals surface area contributed by atoms with Crippen LogP contribution in [-0.4, -0.2) is 75.7 Å². The van der Waals surface area contributed by atoms with Crippen molar-refractivity contribution in [3.05, 3.63) is 0 Å². The average Bonchev–Trinajstić information content (AvgIpc) is 2.92. The standard InChI is InChI=1S/C20H41N5/c1-18(2)16-20(8-5-6-9-20)17-23-19(21-3)22-10-13-25-12-7-11-24(4)14-15-25/h18H,5-17H2,1-4H3,(H2,21,22,23). The molecule has 146 valence electrons. The van der Waals surface area contributed by atoms with Gasteiger partial charge in [-0.05, 0) is 57.2 Å². The monoisotopic (exact) mass is 351 g/mol. The number of hydrogen-bond donors (Lipinski definition) is 2. The molecule has 2 rings (SSSR count). The van der Waals surface area contributed by atoms with Gasteiger partial charge < -0.3 is 20.4 Å². The molecule has 25 heavy (non-hydrogen) atoms. The van der Waals surface area contributed by atoms with Crippen molar-refractivity contribution in [1.29, 1.82) is 0 Å². The van der Waals surface area contributed by atoms with Crippen LogP contribution in [0.4, 0.5) is 0 Å². The number of hydrogen-bond acceptors (Lipinski definition) is 3. The molecule has 0 unspecified atom stereocenters. The van der Waals surface area contributed by atoms with Crippen molar-refractivity contribution in [3.63, 3.8) is 0 Å². The van der Waals surface area contributed by atoms with Gasteiger partial charge in [0.2, 0.25) is 0 Å². The van der Waals surface area contributed by atoms with Gasteiger partial charge in [-0.15, -0.1) is 0 Å². The molecule has 0 atom stereocenters. The second kappa shape index (κ2) is 10.4. The zero-order chi connectivity index (χ0) is 18.1. The lowest BCUT2D eigenvalue weighted by Gasteiger charge is -2.32. The van der Waals surface area contributed by atoms with Crippen molar-refractivity contribution in [2.75, 3.05) is 59.9 Å². The minimum absolute atomic E-state index is 0.487. The SMILES string of the molecule is CN=C(NCCN1CCCN(C)CC1)NCC1(CC(C)C)CCCC1. The van der Waals surface area contributed by atoms with Crippen LogP contribution in [0.1, 0.15) is 52.4 Å². The fraction of sp³-hybridized carbons (Fsp3) is 0.950. The maximum absolute atomic E-state index is 4.44. The Balaban J connectivity index is 1.71. The van der Waals surface area contributed by atoms with E-state index in [4.69, 9.17) is 0 Å². The van der Waals surface area contributed by atoms with Crippen molar-refractivity contribution < 1.29 is 0 Å². The number of nitrogens with zero attached hydrogens (tertiary/aromatic N) is 3. The van der Waals surface area contributed by atoms with Gasteiger partial charge in [-0.1, -0.05) is 26.7 Å². The third kappa shape index (κ3) is 7.14. The zero-order valence-corrected chi connectivity index (χ0v) is 17.1. The molecule has 0 aromatic rings. The molecule has 0 amide bonds. The summed E-state index contributed by atoms with van der Waals surface area (Å²) in [4.78, 5) is 9.44. The quantitative estimate of drug-likeness (QED) is 0.546. The summed E-state index contributed by atoms with van der Waals surface area (Å²) in [6, 6.07) is 0. The van der Waals surface area contributed by atoms with E-state index in [0.717, 1.165) is 31.5 Å². The number of nitrogens with one attached hydrogen (secondary N) is 2. The summed E-state index contributed by atoms with van der Waals surface area (Å²) < 4.78 is 0. The number of guanidine groups is 1. The molecule has 5 heteroatoms. The molecule has 2 aliphatic rings. The molecule has 5 nitrogen and oxygen atoms in total. The van der Waals surface area contributed by atoms with Crippen LogP contribution in [0.2, 0.25) is 0 Å². The van der Waals surface area contributed by atoms with Crippen molar-refractivity contribution in [2.24, 2.45) is 16.3 Å². The first-order valence-electron chi connectivity index (χ1n) is 10.4. The zero-order valence-electron chi connectivity index (χ0n) is 17.1. The Hall–Kier alpha value is -0.810. The van der Waals surface area contributed by atoms with Crippen LogP contribution in [0.3, 0.4) is 0 Å². The van der Waals surface area contributed by atoms with E-state index < -0.39 is 0 Å². The van der Waals surface area contributed by atoms with Crippen molar-refractivity contribution in [3.8, 4) is 0 Å². The normalized spacial score (nSPS) is 23.0. The molecule has 0 aromatic heterocycles. The number of rotatable bonds is 7. The molecule has 1 aliphatic carbocycles. The van der Waals surface area contributed by atoms with Gasteiger partial charge in [-0.2, -0.15) is 0 Å². The summed E-state index contributed by atoms with van der Waals surface area (Å²) in [6.45, 7) is 12.7. The summed E-state index contributed by atoms with van der Waals surface area (Å²) >= 11 is 0. The van der Waals surface area contributed by atoms with E-state index >= 15 is 0 Å². The smallest absolute Gasteiger partial charge is 0.191 e. The van der Waals surface area contributed by atoms with Crippen molar-refractivity contribution in [2.45, 2.75) is 52.4 Å². The minimum atomic E-state index is 0.487. The molecule has 0 radical (unpaired) electrons. The fourth-order valence-corrected chi connectivity index (χ4v) is 4.59. The first kappa shape index (κ1) is 20.5. The summed E-state index contributed by atoms with van der Waals surface area (Å²) in [6.07, 6.45) is 8.14. The second-order valence-corrected chi connectivity index (χ2v) is 8.66. The van der Waals surface area contributed by atoms with E-state index in [1.54, 1.807) is 0 Å². The molecular formula is C20H41N5. The molecule has 1 saturated heterocycles. The molecule has 1 heterocycles. The molecule has 1 aliphatic heterocycles. The van der Waals surface area contributed by atoms with Crippen LogP contribution in [0.5, 0.6) is 0 Å². The topological polar surface area (TPSA) is 42.9 Å². The Morgan fingerprint density at radius 3 is 2.48 bits per heavy atom. The van der Waals surface area contributed by atoms with Gasteiger partial charge in [0.05, 0.1) is 0 Å².